The van der Waals surface area contributed by atoms with Gasteiger partial charge in [0.2, 0.25) is 0 Å². The smallest absolute Gasteiger partial charge is 0.180 e. The predicted molar refractivity (Wildman–Crippen MR) is 98.0 cm³/mol. The van der Waals surface area contributed by atoms with Gasteiger partial charge in [0, 0.05) is 22.7 Å². The normalized spacial score (nSPS) is 67.5. The summed E-state index contributed by atoms with van der Waals surface area (Å²) in [6.07, 6.45) is 17.4. The third kappa shape index (κ3) is 0.813. The van der Waals surface area contributed by atoms with Gasteiger partial charge in [0.1, 0.15) is 0 Å². The summed E-state index contributed by atoms with van der Waals surface area (Å²) in [6, 6.07) is 0. The van der Waals surface area contributed by atoms with E-state index in [0.29, 0.717) is 23.9 Å². The van der Waals surface area contributed by atoms with Gasteiger partial charge < -0.3 is 9.47 Å². The Morgan fingerprint density at radius 2 is 1.62 bits per heavy atom. The van der Waals surface area contributed by atoms with Crippen molar-refractivity contribution in [3.05, 3.63) is 37.5 Å². The molecule has 10 atom stereocenters. The zero-order valence-corrected chi connectivity index (χ0v) is 15.5. The van der Waals surface area contributed by atoms with Crippen LogP contribution in [0.3, 0.4) is 0 Å². The van der Waals surface area contributed by atoms with E-state index >= 15 is 0 Å². The molecule has 8 fully saturated rings. The molecule has 0 amide bonds. The molecular weight excluding hydrogens is 320 g/mol. The fourth-order valence-electron chi connectivity index (χ4n) is 12.0. The summed E-state index contributed by atoms with van der Waals surface area (Å²) in [4.78, 5) is 0. The molecule has 4 bridgehead atoms. The zero-order chi connectivity index (χ0) is 17.2. The Morgan fingerprint density at radius 3 is 2.35 bits per heavy atom. The van der Waals surface area contributed by atoms with Crippen molar-refractivity contribution < 1.29 is 9.47 Å². The molecule has 136 valence electrons. The Hall–Kier alpha value is -0.860. The minimum absolute atomic E-state index is 0.115. The highest BCUT2D eigenvalue weighted by molar-refractivity contribution is 5.57. The number of hydrogen-bond donors (Lipinski definition) is 0. The lowest BCUT2D eigenvalue weighted by atomic mass is 9.34. The standard InChI is InChI=1S/C24H28O2/c1-3-13-25-24-19-15-17-16-14(20(15)9-5-6-10-20)18(19)23(4-2,26-24)21(16)11-7-8-12-22(17,21)24/h3-4,7-8,14-19H,1-2,5-6,9-13H2/t14?,15?,16?,17?,18?,19?,21?,22?,23-,24+/m0/s1. The van der Waals surface area contributed by atoms with E-state index in [4.69, 9.17) is 9.47 Å². The molecule has 2 saturated heterocycles. The second kappa shape index (κ2) is 3.57. The van der Waals surface area contributed by atoms with E-state index in [-0.39, 0.29) is 22.2 Å². The van der Waals surface area contributed by atoms with E-state index in [9.17, 15) is 0 Å². The van der Waals surface area contributed by atoms with E-state index in [1.165, 1.54) is 38.5 Å². The second-order valence-electron chi connectivity index (χ2n) is 10.8. The van der Waals surface area contributed by atoms with Crippen LogP contribution in [-0.2, 0) is 9.47 Å². The van der Waals surface area contributed by atoms with E-state index < -0.39 is 0 Å². The van der Waals surface area contributed by atoms with E-state index in [0.717, 1.165) is 23.7 Å². The minimum Gasteiger partial charge on any atom is -0.345 e. The molecule has 2 heterocycles. The molecule has 0 aromatic carbocycles. The van der Waals surface area contributed by atoms with Crippen LogP contribution >= 0.6 is 0 Å². The average Bonchev–Trinajstić information content (AvgIpc) is 3.41. The molecule has 0 radical (unpaired) electrons. The molecule has 0 N–H and O–H groups in total. The molecule has 0 aromatic rings. The molecule has 3 spiro atoms. The van der Waals surface area contributed by atoms with Gasteiger partial charge >= 0.3 is 0 Å². The van der Waals surface area contributed by atoms with Gasteiger partial charge in [0.15, 0.2) is 5.79 Å². The summed E-state index contributed by atoms with van der Waals surface area (Å²) >= 11 is 0. The van der Waals surface area contributed by atoms with Crippen LogP contribution < -0.4 is 0 Å². The van der Waals surface area contributed by atoms with Crippen molar-refractivity contribution in [1.82, 2.24) is 0 Å². The minimum atomic E-state index is -0.350. The van der Waals surface area contributed by atoms with Crippen molar-refractivity contribution in [2.75, 3.05) is 6.61 Å². The van der Waals surface area contributed by atoms with Gasteiger partial charge in [-0.15, -0.1) is 13.2 Å². The average molecular weight is 348 g/mol. The maximum atomic E-state index is 7.20. The van der Waals surface area contributed by atoms with Crippen molar-refractivity contribution in [1.29, 1.82) is 0 Å². The Labute approximate surface area is 155 Å². The topological polar surface area (TPSA) is 18.5 Å². The zero-order valence-electron chi connectivity index (χ0n) is 15.5. The molecule has 2 nitrogen and oxygen atoms in total. The summed E-state index contributed by atoms with van der Waals surface area (Å²) < 4.78 is 14.0. The van der Waals surface area contributed by atoms with Crippen LogP contribution in [-0.4, -0.2) is 18.0 Å². The molecule has 9 aliphatic rings. The maximum Gasteiger partial charge on any atom is 0.180 e. The van der Waals surface area contributed by atoms with Gasteiger partial charge in [0.25, 0.3) is 0 Å². The van der Waals surface area contributed by atoms with Crippen molar-refractivity contribution in [3.63, 3.8) is 0 Å². The molecule has 7 aliphatic carbocycles. The fourth-order valence-corrected chi connectivity index (χ4v) is 12.0. The van der Waals surface area contributed by atoms with Crippen LogP contribution in [0.4, 0.5) is 0 Å². The number of hydrogen-bond acceptors (Lipinski definition) is 2. The van der Waals surface area contributed by atoms with Crippen LogP contribution in [0.25, 0.3) is 0 Å². The molecule has 6 saturated carbocycles. The van der Waals surface area contributed by atoms with Crippen LogP contribution in [0.5, 0.6) is 0 Å². The monoisotopic (exact) mass is 348 g/mol. The van der Waals surface area contributed by atoms with E-state index in [2.05, 4.69) is 31.4 Å². The molecule has 8 unspecified atom stereocenters. The third-order valence-electron chi connectivity index (χ3n) is 11.5. The number of rotatable bonds is 4. The Balaban J connectivity index is 1.47. The highest BCUT2D eigenvalue weighted by Crippen LogP contribution is 3.06. The van der Waals surface area contributed by atoms with Gasteiger partial charge in [0.05, 0.1) is 12.2 Å². The highest BCUT2D eigenvalue weighted by Gasteiger charge is 3.09. The van der Waals surface area contributed by atoms with Gasteiger partial charge in [-0.05, 0) is 54.8 Å². The fraction of sp³-hybridized carbons (Fsp3) is 0.750. The number of ether oxygens (including phenoxy) is 2. The molecule has 2 heteroatoms. The maximum absolute atomic E-state index is 7.20. The van der Waals surface area contributed by atoms with Crippen LogP contribution in [0.1, 0.15) is 38.5 Å². The largest absolute Gasteiger partial charge is 0.345 e. The molecule has 2 aliphatic heterocycles. The molecule has 9 rings (SSSR count). The van der Waals surface area contributed by atoms with Crippen molar-refractivity contribution in [2.45, 2.75) is 49.9 Å². The lowest BCUT2D eigenvalue weighted by Gasteiger charge is -2.67. The first kappa shape index (κ1) is 14.2. The SMILES string of the molecule is C=CCO[C@@]12O[C@@]3(C=C)C4C5C6C(C(C41)C51CCCC1)C21CC=CCC613. The molecular formula is C24H28O2. The first-order valence-electron chi connectivity index (χ1n) is 11.0. The Bertz CT molecular complexity index is 822. The summed E-state index contributed by atoms with van der Waals surface area (Å²) in [5.41, 5.74) is 1.02. The quantitative estimate of drug-likeness (QED) is 0.697. The first-order chi connectivity index (χ1) is 12.7. The van der Waals surface area contributed by atoms with Gasteiger partial charge in [-0.3, -0.25) is 0 Å². The predicted octanol–water partition coefficient (Wildman–Crippen LogP) is 4.49. The first-order valence-corrected chi connectivity index (χ1v) is 11.0. The van der Waals surface area contributed by atoms with Crippen molar-refractivity contribution in [2.24, 2.45) is 51.8 Å². The van der Waals surface area contributed by atoms with Gasteiger partial charge in [-0.2, -0.15) is 0 Å². The van der Waals surface area contributed by atoms with Gasteiger partial charge in [-0.25, -0.2) is 0 Å². The van der Waals surface area contributed by atoms with Crippen LogP contribution in [0.2, 0.25) is 0 Å². The van der Waals surface area contributed by atoms with E-state index in [1.807, 2.05) is 6.08 Å². The van der Waals surface area contributed by atoms with Gasteiger partial charge in [-0.1, -0.05) is 37.1 Å². The van der Waals surface area contributed by atoms with Crippen LogP contribution in [0, 0.1) is 51.8 Å². The summed E-state index contributed by atoms with van der Waals surface area (Å²) in [5, 5.41) is 0. The second-order valence-corrected chi connectivity index (χ2v) is 10.8. The Kier molecular flexibility index (Phi) is 1.95. The summed E-state index contributed by atoms with van der Waals surface area (Å²) in [5.74, 6) is 4.43. The van der Waals surface area contributed by atoms with Crippen molar-refractivity contribution >= 4 is 0 Å². The Morgan fingerprint density at radius 1 is 0.923 bits per heavy atom. The lowest BCUT2D eigenvalue weighted by molar-refractivity contribution is -0.287. The van der Waals surface area contributed by atoms with Crippen molar-refractivity contribution in [3.8, 4) is 0 Å². The van der Waals surface area contributed by atoms with E-state index in [1.54, 1.807) is 0 Å². The van der Waals surface area contributed by atoms with Crippen LogP contribution in [0.15, 0.2) is 37.5 Å². The molecule has 26 heavy (non-hydrogen) atoms. The third-order valence-corrected chi connectivity index (χ3v) is 11.5. The summed E-state index contributed by atoms with van der Waals surface area (Å²) in [7, 11) is 0. The number of allylic oxidation sites excluding steroid dienone is 2. The lowest BCUT2D eigenvalue weighted by Crippen LogP contribution is -2.70. The highest BCUT2D eigenvalue weighted by atomic mass is 16.7. The summed E-state index contributed by atoms with van der Waals surface area (Å²) in [6.45, 7) is 8.98. The molecule has 0 aromatic heterocycles.